The number of hydrogen-bond acceptors (Lipinski definition) is 4. The lowest BCUT2D eigenvalue weighted by Crippen LogP contribution is -2.49. The Kier molecular flexibility index (Phi) is 7.20. The first-order valence-corrected chi connectivity index (χ1v) is 10.2. The van der Waals surface area contributed by atoms with Gasteiger partial charge < -0.3 is 15.4 Å². The van der Waals surface area contributed by atoms with Crippen LogP contribution in [-0.4, -0.2) is 43.1 Å². The molecule has 0 fully saturated rings. The summed E-state index contributed by atoms with van der Waals surface area (Å²) < 4.78 is 6.43. The molecular weight excluding hydrogens is 350 g/mol. The predicted octanol–water partition coefficient (Wildman–Crippen LogP) is 2.83. The van der Waals surface area contributed by atoms with E-state index in [1.165, 1.54) is 5.56 Å². The highest BCUT2D eigenvalue weighted by Gasteiger charge is 2.35. The highest BCUT2D eigenvalue weighted by Crippen LogP contribution is 2.37. The lowest BCUT2D eigenvalue weighted by atomic mass is 9.85. The van der Waals surface area contributed by atoms with E-state index in [1.54, 1.807) is 0 Å². The molecule has 1 aliphatic heterocycles. The number of benzene rings is 2. The Hall–Kier alpha value is -2.21. The minimum Gasteiger partial charge on any atom is -0.370 e. The predicted molar refractivity (Wildman–Crippen MR) is 112 cm³/mol. The summed E-state index contributed by atoms with van der Waals surface area (Å²) in [5, 5.41) is 3.46. The van der Waals surface area contributed by atoms with E-state index in [-0.39, 0.29) is 18.1 Å². The Bertz CT molecular complexity index is 761. The maximum absolute atomic E-state index is 12.0. The zero-order chi connectivity index (χ0) is 19.9. The summed E-state index contributed by atoms with van der Waals surface area (Å²) in [5.41, 5.74) is 9.08. The lowest BCUT2D eigenvalue weighted by molar-refractivity contribution is -0.120. The highest BCUT2D eigenvalue weighted by atomic mass is 16.5. The van der Waals surface area contributed by atoms with Crippen molar-refractivity contribution in [3.8, 4) is 0 Å². The van der Waals surface area contributed by atoms with Crippen LogP contribution in [0.2, 0.25) is 0 Å². The fourth-order valence-electron chi connectivity index (χ4n) is 3.92. The molecule has 0 saturated heterocycles. The minimum absolute atomic E-state index is 0.124. The van der Waals surface area contributed by atoms with Crippen LogP contribution in [0.15, 0.2) is 54.6 Å². The summed E-state index contributed by atoms with van der Waals surface area (Å²) in [4.78, 5) is 14.3. The molecule has 1 aliphatic rings. The normalized spacial score (nSPS) is 20.0. The maximum Gasteiger partial charge on any atom is 0.234 e. The average Bonchev–Trinajstić information content (AvgIpc) is 2.74. The summed E-state index contributed by atoms with van der Waals surface area (Å²) in [7, 11) is 0. The van der Waals surface area contributed by atoms with Crippen LogP contribution in [0.4, 0.5) is 0 Å². The van der Waals surface area contributed by atoms with Gasteiger partial charge in [0.2, 0.25) is 5.91 Å². The molecule has 0 aliphatic carbocycles. The second-order valence-electron chi connectivity index (χ2n) is 7.23. The second-order valence-corrected chi connectivity index (χ2v) is 7.23. The molecule has 0 aromatic heterocycles. The number of likely N-dealkylation sites (N-methyl/N-ethyl adjacent to an activating group) is 1. The first kappa shape index (κ1) is 20.5. The molecule has 150 valence electrons. The summed E-state index contributed by atoms with van der Waals surface area (Å²) in [6.07, 6.45) is 0.420. The number of carbonyl (C=O) groups excluding carboxylic acids is 1. The van der Waals surface area contributed by atoms with Gasteiger partial charge in [-0.25, -0.2) is 0 Å². The minimum atomic E-state index is -0.391. The fourth-order valence-corrected chi connectivity index (χ4v) is 3.92. The molecule has 2 aromatic carbocycles. The molecule has 1 amide bonds. The SMILES string of the molecule is CCN(CC)CCOC(c1ccccc1)C1NC(C(N)=O)Cc2ccccc21. The first-order chi connectivity index (χ1) is 13.6. The van der Waals surface area contributed by atoms with Gasteiger partial charge in [0.25, 0.3) is 0 Å². The molecule has 3 N–H and O–H groups in total. The lowest BCUT2D eigenvalue weighted by Gasteiger charge is -2.37. The van der Waals surface area contributed by atoms with E-state index in [2.05, 4.69) is 48.3 Å². The van der Waals surface area contributed by atoms with Crippen LogP contribution in [0.3, 0.4) is 0 Å². The van der Waals surface area contributed by atoms with Crippen LogP contribution in [0.5, 0.6) is 0 Å². The molecule has 0 bridgehead atoms. The number of primary amides is 1. The van der Waals surface area contributed by atoms with Crippen molar-refractivity contribution in [2.24, 2.45) is 5.73 Å². The number of nitrogens with zero attached hydrogens (tertiary/aromatic N) is 1. The van der Waals surface area contributed by atoms with Gasteiger partial charge >= 0.3 is 0 Å². The Labute approximate surface area is 167 Å². The van der Waals surface area contributed by atoms with Crippen molar-refractivity contribution < 1.29 is 9.53 Å². The molecule has 3 rings (SSSR count). The Balaban J connectivity index is 1.89. The number of rotatable bonds is 9. The summed E-state index contributed by atoms with van der Waals surface area (Å²) in [6.45, 7) is 7.84. The van der Waals surface area contributed by atoms with Crippen LogP contribution in [-0.2, 0) is 16.0 Å². The van der Waals surface area contributed by atoms with Gasteiger partial charge in [-0.15, -0.1) is 0 Å². The van der Waals surface area contributed by atoms with Gasteiger partial charge in [0, 0.05) is 6.54 Å². The molecule has 0 spiro atoms. The zero-order valence-electron chi connectivity index (χ0n) is 16.8. The standard InChI is InChI=1S/C23H31N3O2/c1-3-26(4-2)14-15-28-22(17-10-6-5-7-11-17)21-19-13-9-8-12-18(19)16-20(25-21)23(24)27/h5-13,20-22,25H,3-4,14-16H2,1-2H3,(H2,24,27). The second kappa shape index (κ2) is 9.82. The third-order valence-electron chi connectivity index (χ3n) is 5.57. The van der Waals surface area contributed by atoms with Gasteiger partial charge in [-0.1, -0.05) is 68.4 Å². The topological polar surface area (TPSA) is 67.6 Å². The van der Waals surface area contributed by atoms with Crippen LogP contribution < -0.4 is 11.1 Å². The van der Waals surface area contributed by atoms with Gasteiger partial charge in [-0.3, -0.25) is 10.1 Å². The largest absolute Gasteiger partial charge is 0.370 e. The summed E-state index contributed by atoms with van der Waals surface area (Å²) in [5.74, 6) is -0.325. The molecule has 2 aromatic rings. The van der Waals surface area contributed by atoms with Crippen LogP contribution in [0, 0.1) is 0 Å². The Morgan fingerprint density at radius 2 is 1.82 bits per heavy atom. The van der Waals surface area contributed by atoms with Gasteiger partial charge in [-0.2, -0.15) is 0 Å². The number of fused-ring (bicyclic) bond motifs is 1. The monoisotopic (exact) mass is 381 g/mol. The number of nitrogens with two attached hydrogens (primary N) is 1. The number of carbonyl (C=O) groups is 1. The van der Waals surface area contributed by atoms with Crippen LogP contribution >= 0.6 is 0 Å². The summed E-state index contributed by atoms with van der Waals surface area (Å²) >= 11 is 0. The molecule has 5 heteroatoms. The van der Waals surface area contributed by atoms with Crippen molar-refractivity contribution in [3.63, 3.8) is 0 Å². The Morgan fingerprint density at radius 3 is 2.50 bits per heavy atom. The molecule has 5 nitrogen and oxygen atoms in total. The summed E-state index contributed by atoms with van der Waals surface area (Å²) in [6, 6.07) is 18.0. The van der Waals surface area contributed by atoms with E-state index in [0.29, 0.717) is 13.0 Å². The fraction of sp³-hybridized carbons (Fsp3) is 0.435. The Morgan fingerprint density at radius 1 is 1.14 bits per heavy atom. The van der Waals surface area contributed by atoms with Crippen LogP contribution in [0.25, 0.3) is 0 Å². The number of nitrogens with one attached hydrogen (secondary N) is 1. The van der Waals surface area contributed by atoms with Crippen molar-refractivity contribution >= 4 is 5.91 Å². The molecule has 0 radical (unpaired) electrons. The van der Waals surface area contributed by atoms with E-state index < -0.39 is 6.04 Å². The molecular formula is C23H31N3O2. The van der Waals surface area contributed by atoms with Gasteiger partial charge in [0.15, 0.2) is 0 Å². The quantitative estimate of drug-likeness (QED) is 0.701. The average molecular weight is 382 g/mol. The first-order valence-electron chi connectivity index (χ1n) is 10.2. The van der Waals surface area contributed by atoms with Crippen molar-refractivity contribution in [2.45, 2.75) is 38.5 Å². The third-order valence-corrected chi connectivity index (χ3v) is 5.57. The van der Waals surface area contributed by atoms with Gasteiger partial charge in [0.05, 0.1) is 18.7 Å². The number of amides is 1. The van der Waals surface area contributed by atoms with Crippen molar-refractivity contribution in [2.75, 3.05) is 26.2 Å². The van der Waals surface area contributed by atoms with E-state index in [4.69, 9.17) is 10.5 Å². The molecule has 3 unspecified atom stereocenters. The number of hydrogen-bond donors (Lipinski definition) is 2. The smallest absolute Gasteiger partial charge is 0.234 e. The van der Waals surface area contributed by atoms with E-state index >= 15 is 0 Å². The van der Waals surface area contributed by atoms with E-state index in [9.17, 15) is 4.79 Å². The highest BCUT2D eigenvalue weighted by molar-refractivity contribution is 5.80. The molecule has 3 atom stereocenters. The third kappa shape index (κ3) is 4.79. The number of ether oxygens (including phenoxy) is 1. The zero-order valence-corrected chi connectivity index (χ0v) is 16.8. The van der Waals surface area contributed by atoms with Crippen molar-refractivity contribution in [3.05, 3.63) is 71.3 Å². The maximum atomic E-state index is 12.0. The van der Waals surface area contributed by atoms with Crippen molar-refractivity contribution in [1.29, 1.82) is 0 Å². The van der Waals surface area contributed by atoms with E-state index in [0.717, 1.165) is 30.8 Å². The molecule has 0 saturated carbocycles. The van der Waals surface area contributed by atoms with Gasteiger partial charge in [-0.05, 0) is 36.2 Å². The van der Waals surface area contributed by atoms with Crippen LogP contribution in [0.1, 0.15) is 42.7 Å². The molecule has 28 heavy (non-hydrogen) atoms. The van der Waals surface area contributed by atoms with Crippen molar-refractivity contribution in [1.82, 2.24) is 10.2 Å². The molecule has 1 heterocycles. The van der Waals surface area contributed by atoms with E-state index in [1.807, 2.05) is 30.3 Å². The van der Waals surface area contributed by atoms with Gasteiger partial charge in [0.1, 0.15) is 6.10 Å².